The third kappa shape index (κ3) is 16.2. The highest BCUT2D eigenvalue weighted by Gasteiger charge is 2.26. The van der Waals surface area contributed by atoms with E-state index in [1.807, 2.05) is 48.5 Å². The van der Waals surface area contributed by atoms with Crippen LogP contribution in [0.4, 0.5) is 4.79 Å². The lowest BCUT2D eigenvalue weighted by Crippen LogP contribution is -3.00. The third-order valence-corrected chi connectivity index (χ3v) is 10.6. The molecule has 0 unspecified atom stereocenters. The number of hydrogen-bond acceptors (Lipinski definition) is 14. The number of aromatic hydroxyl groups is 1. The molecule has 0 spiro atoms. The summed E-state index contributed by atoms with van der Waals surface area (Å²) in [6.07, 6.45) is -0.603. The number of amides is 1. The van der Waals surface area contributed by atoms with Gasteiger partial charge in [0.05, 0.1) is 14.2 Å². The Morgan fingerprint density at radius 2 is 1.13 bits per heavy atom. The Morgan fingerprint density at radius 1 is 0.650 bits per heavy atom. The molecule has 0 aliphatic rings. The van der Waals surface area contributed by atoms with Gasteiger partial charge in [0.15, 0.2) is 29.0 Å². The van der Waals surface area contributed by atoms with Crippen LogP contribution in [0.2, 0.25) is 0 Å². The molecule has 4 aromatic rings. The van der Waals surface area contributed by atoms with Gasteiger partial charge in [0.25, 0.3) is 0 Å². The fourth-order valence-electron chi connectivity index (χ4n) is 4.74. The van der Waals surface area contributed by atoms with Crippen LogP contribution < -0.4 is 36.6 Å². The van der Waals surface area contributed by atoms with E-state index in [1.54, 1.807) is 30.3 Å². The molecular weight excluding hydrogens is 848 g/mol. The fourth-order valence-corrected chi connectivity index (χ4v) is 5.76. The first-order valence-electron chi connectivity index (χ1n) is 17.7. The summed E-state index contributed by atoms with van der Waals surface area (Å²) in [6, 6.07) is 25.5. The largest absolute Gasteiger partial charge is 1.00 e. The van der Waals surface area contributed by atoms with Crippen molar-refractivity contribution in [1.82, 2.24) is 13.9 Å². The van der Waals surface area contributed by atoms with Crippen LogP contribution in [0.1, 0.15) is 22.3 Å². The molecule has 4 aromatic carbocycles. The number of nitrogens with one attached hydrogen (secondary N) is 1. The minimum Gasteiger partial charge on any atom is -1.00 e. The molecule has 4 rings (SSSR count). The predicted octanol–water partition coefficient (Wildman–Crippen LogP) is -0.631. The van der Waals surface area contributed by atoms with Crippen LogP contribution in [-0.4, -0.2) is 103 Å². The molecule has 0 bridgehead atoms. The molecule has 0 aliphatic carbocycles. The molecule has 2 atom stereocenters. The number of methoxy groups -OCH3 is 2. The minimum absolute atomic E-state index is 0. The van der Waals surface area contributed by atoms with E-state index in [4.69, 9.17) is 22.6 Å². The molecular formula is C39H49ClN4O14S2. The second-order valence-corrected chi connectivity index (χ2v) is 16.4. The lowest BCUT2D eigenvalue weighted by molar-refractivity contribution is -0.407. The molecule has 60 heavy (non-hydrogen) atoms. The zero-order valence-corrected chi connectivity index (χ0v) is 36.2. The Hall–Kier alpha value is -5.64. The average Bonchev–Trinajstić information content (AvgIpc) is 3.20. The van der Waals surface area contributed by atoms with Crippen molar-refractivity contribution in [2.75, 3.05) is 42.4 Å². The van der Waals surface area contributed by atoms with Crippen molar-refractivity contribution < 1.29 is 81.8 Å². The lowest BCUT2D eigenvalue weighted by atomic mass is 10.1. The number of halogens is 1. The van der Waals surface area contributed by atoms with E-state index in [-0.39, 0.29) is 61.5 Å². The van der Waals surface area contributed by atoms with Crippen molar-refractivity contribution in [2.45, 2.75) is 38.1 Å². The second kappa shape index (κ2) is 23.8. The quantitative estimate of drug-likeness (QED) is 0.0833. The van der Waals surface area contributed by atoms with Crippen molar-refractivity contribution in [3.8, 4) is 23.0 Å². The van der Waals surface area contributed by atoms with E-state index in [0.717, 1.165) is 19.7 Å². The summed E-state index contributed by atoms with van der Waals surface area (Å²) >= 11 is 0. The Labute approximate surface area is 356 Å². The number of hydrogen-bond donors (Lipinski definition) is 3. The summed E-state index contributed by atoms with van der Waals surface area (Å²) < 4.78 is 80.5. The first-order valence-corrected chi connectivity index (χ1v) is 20.4. The van der Waals surface area contributed by atoms with Crippen molar-refractivity contribution >= 4 is 38.6 Å². The van der Waals surface area contributed by atoms with E-state index in [9.17, 15) is 36.3 Å². The molecule has 0 saturated heterocycles. The number of phenolic OH excluding ortho intramolecular Hbond substituents is 1. The van der Waals surface area contributed by atoms with Gasteiger partial charge in [-0.25, -0.2) is 14.4 Å². The van der Waals surface area contributed by atoms with Crippen LogP contribution in [0.5, 0.6) is 23.0 Å². The van der Waals surface area contributed by atoms with E-state index in [0.29, 0.717) is 11.1 Å². The van der Waals surface area contributed by atoms with Gasteiger partial charge in [-0.1, -0.05) is 72.8 Å². The normalized spacial score (nSPS) is 12.1. The van der Waals surface area contributed by atoms with Crippen LogP contribution in [-0.2, 0) is 70.5 Å². The van der Waals surface area contributed by atoms with Crippen LogP contribution in [0.3, 0.4) is 0 Å². The highest BCUT2D eigenvalue weighted by Crippen LogP contribution is 2.32. The number of nitrogens with zero attached hydrogens (tertiary/aromatic N) is 2. The molecule has 1 amide bonds. The Bertz CT molecular complexity index is 2230. The Morgan fingerprint density at radius 3 is 1.67 bits per heavy atom. The van der Waals surface area contributed by atoms with Crippen LogP contribution in [0, 0.1) is 0 Å². The molecule has 5 N–H and O–H groups in total. The predicted molar refractivity (Wildman–Crippen MR) is 213 cm³/mol. The summed E-state index contributed by atoms with van der Waals surface area (Å²) in [4.78, 5) is 36.1. The summed E-state index contributed by atoms with van der Waals surface area (Å²) in [6.45, 7) is 0.201. The highest BCUT2D eigenvalue weighted by molar-refractivity contribution is 7.84. The van der Waals surface area contributed by atoms with Gasteiger partial charge in [-0.2, -0.15) is 25.4 Å². The molecule has 0 aliphatic heterocycles. The van der Waals surface area contributed by atoms with E-state index in [1.165, 1.54) is 60.6 Å². The number of esters is 2. The van der Waals surface area contributed by atoms with Crippen LogP contribution in [0.15, 0.2) is 97.1 Å². The maximum Gasteiger partial charge on any atom is 0.408 e. The van der Waals surface area contributed by atoms with E-state index in [2.05, 4.69) is 15.8 Å². The molecule has 328 valence electrons. The average molecular weight is 897 g/mol. The lowest BCUT2D eigenvalue weighted by Gasteiger charge is -2.19. The Balaban J connectivity index is 0.000000479. The maximum absolute atomic E-state index is 12.4. The van der Waals surface area contributed by atoms with Gasteiger partial charge in [-0.05, 0) is 46.5 Å². The van der Waals surface area contributed by atoms with Gasteiger partial charge in [-0.15, -0.1) is 0 Å². The summed E-state index contributed by atoms with van der Waals surface area (Å²) in [7, 11) is -0.338. The topological polar surface area (TPSA) is 241 Å². The summed E-state index contributed by atoms with van der Waals surface area (Å²) in [5.41, 5.74) is 6.39. The third-order valence-electron chi connectivity index (χ3n) is 8.00. The van der Waals surface area contributed by atoms with Crippen LogP contribution in [0.25, 0.3) is 0 Å². The van der Waals surface area contributed by atoms with Gasteiger partial charge >= 0.3 is 38.6 Å². The van der Waals surface area contributed by atoms with Crippen LogP contribution >= 0.6 is 0 Å². The molecule has 18 nitrogen and oxygen atoms in total. The number of benzene rings is 4. The van der Waals surface area contributed by atoms with Gasteiger partial charge in [0.2, 0.25) is 0 Å². The fraction of sp³-hybridized carbons (Fsp3) is 0.308. The molecule has 0 fully saturated rings. The van der Waals surface area contributed by atoms with E-state index < -0.39 is 50.7 Å². The van der Waals surface area contributed by atoms with Crippen molar-refractivity contribution in [3.05, 3.63) is 119 Å². The zero-order chi connectivity index (χ0) is 43.8. The second-order valence-electron chi connectivity index (χ2n) is 12.9. The zero-order valence-electron chi connectivity index (χ0n) is 33.8. The number of phenols is 1. The Kier molecular flexibility index (Phi) is 20.1. The molecule has 0 heterocycles. The number of quaternary nitrogens is 1. The van der Waals surface area contributed by atoms with Gasteiger partial charge in [-0.3, -0.25) is 0 Å². The number of alkyl carbamates (subject to hydrolysis) is 1. The minimum atomic E-state index is -4.10. The van der Waals surface area contributed by atoms with Gasteiger partial charge < -0.3 is 55.9 Å². The van der Waals surface area contributed by atoms with Gasteiger partial charge in [0.1, 0.15) is 19.3 Å². The smallest absolute Gasteiger partial charge is 0.408 e. The van der Waals surface area contributed by atoms with Gasteiger partial charge in [0, 0.05) is 41.0 Å². The number of carbonyl (C=O) groups is 3. The molecule has 21 heteroatoms. The van der Waals surface area contributed by atoms with E-state index >= 15 is 0 Å². The first kappa shape index (κ1) is 50.5. The number of ether oxygens (including phenoxy) is 4. The summed E-state index contributed by atoms with van der Waals surface area (Å²) in [5, 5.41) is 12.2. The first-order chi connectivity index (χ1) is 27.8. The van der Waals surface area contributed by atoms with Crippen molar-refractivity contribution in [2.24, 2.45) is 0 Å². The SMILES string of the molecule is COC(=O)[C@@H]([NH3+])Cc1ccc(O)c(OS(=O)(=O)N(C)C)c1.COC(=O)[C@H](Cc1ccc(OCc2ccccc2)c(OS(=O)(=O)N(C)C)c1)NC(=O)OCc1ccccc1.[Cl-]. The highest BCUT2D eigenvalue weighted by atomic mass is 35.5. The standard InChI is InChI=1S/C27H30N2O8S.C12H18N2O6S.ClH/c1-29(2)38(32,33)37-25-17-22(14-15-24(25)35-18-20-10-6-4-7-11-20)16-23(26(30)34-3)28-27(31)36-19-21-12-8-5-9-13-21;1-14(2)21(17,18)20-11-7-8(4-5-10(11)15)6-9(13)12(16)19-3;/h4-15,17,23H,16,18-19H2,1-3H3,(H,28,31);4-5,7,9,15H,6,13H2,1-3H3;1H/t23-;9-;/m00./s1. The molecule has 0 saturated carbocycles. The molecule has 0 radical (unpaired) electrons. The molecule has 0 aromatic heterocycles. The van der Waals surface area contributed by atoms with Crippen molar-refractivity contribution in [1.29, 1.82) is 0 Å². The van der Waals surface area contributed by atoms with Crippen molar-refractivity contribution in [3.63, 3.8) is 0 Å². The number of rotatable bonds is 18. The summed E-state index contributed by atoms with van der Waals surface area (Å²) in [5.74, 6) is -1.59. The maximum atomic E-state index is 12.4. The number of carbonyl (C=O) groups excluding carboxylic acids is 3. The monoisotopic (exact) mass is 896 g/mol.